The molecule has 0 bridgehead atoms. The summed E-state index contributed by atoms with van der Waals surface area (Å²) >= 11 is 0. The largest absolute Gasteiger partial charge is 0.268 e. The molecule has 0 radical (unpaired) electrons. The summed E-state index contributed by atoms with van der Waals surface area (Å²) in [5.74, 6) is -1.65. The maximum absolute atomic E-state index is 15.0. The molecule has 0 saturated carbocycles. The van der Waals surface area contributed by atoms with Crippen molar-refractivity contribution in [3.8, 4) is 0 Å². The van der Waals surface area contributed by atoms with Gasteiger partial charge in [0.25, 0.3) is 23.6 Å². The van der Waals surface area contributed by atoms with E-state index in [1.165, 1.54) is 9.80 Å². The van der Waals surface area contributed by atoms with Crippen LogP contribution in [0.3, 0.4) is 0 Å². The molecule has 0 aromatic heterocycles. The molecule has 0 fully saturated rings. The molecule has 6 heteroatoms. The van der Waals surface area contributed by atoms with E-state index in [0.29, 0.717) is 44.4 Å². The molecule has 2 heterocycles. The number of nitrogens with zero attached hydrogens (tertiary/aromatic N) is 2. The summed E-state index contributed by atoms with van der Waals surface area (Å²) in [7, 11) is 0. The molecule has 80 heavy (non-hydrogen) atoms. The summed E-state index contributed by atoms with van der Waals surface area (Å²) in [6.07, 6.45) is 0. The molecular weight excluding hydrogens is 981 g/mol. The number of imide groups is 2. The minimum atomic E-state index is -0.702. The Kier molecular flexibility index (Phi) is 10.5. The summed E-state index contributed by atoms with van der Waals surface area (Å²) in [4.78, 5) is 62.5. The molecule has 0 unspecified atom stereocenters. The number of benzene rings is 13. The highest BCUT2D eigenvalue weighted by Gasteiger charge is 2.42. The van der Waals surface area contributed by atoms with Crippen molar-refractivity contribution in [2.45, 2.75) is 10.8 Å². The highest BCUT2D eigenvalue weighted by atomic mass is 16.2. The quantitative estimate of drug-likeness (QED) is 0.0592. The fraction of sp³-hybridized carbons (Fsp3) is 0.0270. The second-order valence-corrected chi connectivity index (χ2v) is 20.8. The predicted octanol–water partition coefficient (Wildman–Crippen LogP) is 16.1. The SMILES string of the molecule is O=C1c2ccc3c4ccc5c6c(ccc(c7ccc(c2c37)C(=O)N1c1ccc(C(c2ccccc2)(c2ccccc2)c2ccccc2)cc1)c64)C(=O)N(c1ccc(C(c2ccccc2)(c2ccccc2)c2ccccc2)cc1)C5=O. The molecular formula is C74H46N2O4. The van der Waals surface area contributed by atoms with Crippen LogP contribution < -0.4 is 9.80 Å². The van der Waals surface area contributed by atoms with Gasteiger partial charge in [0.2, 0.25) is 0 Å². The summed E-state index contributed by atoms with van der Waals surface area (Å²) in [5.41, 5.74) is 9.70. The van der Waals surface area contributed by atoms with Crippen molar-refractivity contribution in [2.24, 2.45) is 0 Å². The van der Waals surface area contributed by atoms with E-state index in [4.69, 9.17) is 0 Å². The molecule has 2 aliphatic heterocycles. The van der Waals surface area contributed by atoms with Crippen LogP contribution in [0.25, 0.3) is 43.1 Å². The van der Waals surface area contributed by atoms with Crippen molar-refractivity contribution < 1.29 is 19.2 Å². The molecule has 0 spiro atoms. The van der Waals surface area contributed by atoms with E-state index in [1.54, 1.807) is 0 Å². The first-order chi connectivity index (χ1) is 39.4. The van der Waals surface area contributed by atoms with Crippen LogP contribution in [0.2, 0.25) is 0 Å². The first-order valence-electron chi connectivity index (χ1n) is 26.9. The lowest BCUT2D eigenvalue weighted by atomic mass is 9.65. The lowest BCUT2D eigenvalue weighted by Gasteiger charge is -2.37. The minimum Gasteiger partial charge on any atom is -0.268 e. The van der Waals surface area contributed by atoms with Gasteiger partial charge in [0, 0.05) is 33.0 Å². The van der Waals surface area contributed by atoms with Crippen LogP contribution in [0, 0.1) is 0 Å². The second-order valence-electron chi connectivity index (χ2n) is 20.8. The predicted molar refractivity (Wildman–Crippen MR) is 319 cm³/mol. The number of fused-ring (bicyclic) bond motifs is 2. The van der Waals surface area contributed by atoms with Gasteiger partial charge in [0.05, 0.1) is 22.2 Å². The Labute approximate surface area is 461 Å². The molecule has 0 aliphatic carbocycles. The Morgan fingerprint density at radius 1 is 0.200 bits per heavy atom. The van der Waals surface area contributed by atoms with E-state index < -0.39 is 34.5 Å². The van der Waals surface area contributed by atoms with Gasteiger partial charge in [-0.3, -0.25) is 19.2 Å². The van der Waals surface area contributed by atoms with Gasteiger partial charge in [-0.25, -0.2) is 9.80 Å². The van der Waals surface area contributed by atoms with Crippen LogP contribution in [-0.4, -0.2) is 23.6 Å². The van der Waals surface area contributed by atoms with Crippen LogP contribution in [-0.2, 0) is 10.8 Å². The second kappa shape index (κ2) is 18.0. The monoisotopic (exact) mass is 1030 g/mol. The molecule has 2 aliphatic rings. The third-order valence-corrected chi connectivity index (χ3v) is 17.0. The molecule has 376 valence electrons. The summed E-state index contributed by atoms with van der Waals surface area (Å²) in [6, 6.07) is 93.2. The van der Waals surface area contributed by atoms with Gasteiger partial charge in [-0.15, -0.1) is 0 Å². The average molecular weight is 1030 g/mol. The number of amides is 4. The molecule has 0 N–H and O–H groups in total. The summed E-state index contributed by atoms with van der Waals surface area (Å²) < 4.78 is 0. The number of anilines is 2. The summed E-state index contributed by atoms with van der Waals surface area (Å²) in [5, 5.41) is 6.07. The zero-order valence-electron chi connectivity index (χ0n) is 43.1. The molecule has 15 rings (SSSR count). The number of carbonyl (C=O) groups excluding carboxylic acids is 4. The smallest absolute Gasteiger partial charge is 0.265 e. The number of hydrogen-bond donors (Lipinski definition) is 0. The fourth-order valence-electron chi connectivity index (χ4n) is 13.6. The lowest BCUT2D eigenvalue weighted by molar-refractivity contribution is 0.0877. The van der Waals surface area contributed by atoms with Crippen molar-refractivity contribution in [1.29, 1.82) is 0 Å². The Morgan fingerprint density at radius 3 is 0.613 bits per heavy atom. The molecule has 0 atom stereocenters. The van der Waals surface area contributed by atoms with Crippen LogP contribution in [0.4, 0.5) is 11.4 Å². The Morgan fingerprint density at radius 2 is 0.400 bits per heavy atom. The van der Waals surface area contributed by atoms with E-state index in [-0.39, 0.29) is 0 Å². The topological polar surface area (TPSA) is 74.8 Å². The van der Waals surface area contributed by atoms with E-state index in [1.807, 2.05) is 133 Å². The van der Waals surface area contributed by atoms with E-state index in [0.717, 1.165) is 76.8 Å². The fourth-order valence-corrected chi connectivity index (χ4v) is 13.6. The Balaban J connectivity index is 0.807. The van der Waals surface area contributed by atoms with E-state index in [9.17, 15) is 19.2 Å². The van der Waals surface area contributed by atoms with Gasteiger partial charge in [-0.2, -0.15) is 0 Å². The molecule has 0 saturated heterocycles. The van der Waals surface area contributed by atoms with Gasteiger partial charge >= 0.3 is 0 Å². The van der Waals surface area contributed by atoms with Crippen LogP contribution in [0.15, 0.2) is 279 Å². The third-order valence-electron chi connectivity index (χ3n) is 17.0. The first kappa shape index (κ1) is 46.7. The number of rotatable bonds is 10. The molecule has 4 amide bonds. The average Bonchev–Trinajstić information content (AvgIpc) is 3.69. The highest BCUT2D eigenvalue weighted by Crippen LogP contribution is 2.50. The third kappa shape index (κ3) is 6.53. The maximum atomic E-state index is 15.0. The normalized spacial score (nSPS) is 13.6. The van der Waals surface area contributed by atoms with Crippen LogP contribution in [0.5, 0.6) is 0 Å². The van der Waals surface area contributed by atoms with Gasteiger partial charge in [-0.1, -0.05) is 231 Å². The minimum absolute atomic E-state index is 0.411. The molecule has 6 nitrogen and oxygen atoms in total. The van der Waals surface area contributed by atoms with Gasteiger partial charge < -0.3 is 0 Å². The standard InChI is InChI=1S/C74H46N2O4/c77-69-61-43-39-57-59-41-45-63-68-64(72(80)76(71(63)79)56-37-33-54(34-38-56)74(50-25-13-4-14-26-50,51-27-15-5-16-28-51)52-29-17-6-18-30-52)46-42-60(66(59)68)58-40-44-62(67(61)65(57)58)70(78)75(69)55-35-31-53(32-36-55)73(47-19-7-1-8-20-47,48-21-9-2-10-22-48)49-23-11-3-12-24-49/h1-46H. The number of carbonyl (C=O) groups is 4. The van der Waals surface area contributed by atoms with Crippen LogP contribution >= 0.6 is 0 Å². The Hall–Kier alpha value is -10.6. The van der Waals surface area contributed by atoms with Crippen molar-refractivity contribution in [1.82, 2.24) is 0 Å². The van der Waals surface area contributed by atoms with Crippen molar-refractivity contribution in [3.63, 3.8) is 0 Å². The van der Waals surface area contributed by atoms with Gasteiger partial charge in [0.15, 0.2) is 0 Å². The summed E-state index contributed by atoms with van der Waals surface area (Å²) in [6.45, 7) is 0. The molecule has 13 aromatic carbocycles. The van der Waals surface area contributed by atoms with E-state index >= 15 is 0 Å². The highest BCUT2D eigenvalue weighted by molar-refractivity contribution is 6.45. The van der Waals surface area contributed by atoms with Crippen molar-refractivity contribution in [2.75, 3.05) is 9.80 Å². The number of hydrogen-bond acceptors (Lipinski definition) is 4. The maximum Gasteiger partial charge on any atom is 0.265 e. The zero-order chi connectivity index (χ0) is 53.7. The van der Waals surface area contributed by atoms with Crippen molar-refractivity contribution >= 4 is 78.1 Å². The Bertz CT molecular complexity index is 4010. The van der Waals surface area contributed by atoms with Crippen molar-refractivity contribution in [3.05, 3.63) is 346 Å². The molecule has 13 aromatic rings. The van der Waals surface area contributed by atoms with Crippen LogP contribution in [0.1, 0.15) is 85.9 Å². The van der Waals surface area contributed by atoms with Gasteiger partial charge in [-0.05, 0) is 125 Å². The zero-order valence-corrected chi connectivity index (χ0v) is 43.1. The first-order valence-corrected chi connectivity index (χ1v) is 26.9. The van der Waals surface area contributed by atoms with E-state index in [2.05, 4.69) is 146 Å². The lowest BCUT2D eigenvalue weighted by Crippen LogP contribution is -2.40. The van der Waals surface area contributed by atoms with Gasteiger partial charge in [0.1, 0.15) is 0 Å².